The number of nitrogens with one attached hydrogen (secondary N) is 1. The number of fused-ring (bicyclic) bond motifs is 1. The third-order valence-electron chi connectivity index (χ3n) is 7.08. The Hall–Kier alpha value is -4.13. The van der Waals surface area contributed by atoms with Crippen molar-refractivity contribution in [1.29, 1.82) is 0 Å². The highest BCUT2D eigenvalue weighted by molar-refractivity contribution is 5.91. The number of ether oxygens (including phenoxy) is 1. The lowest BCUT2D eigenvalue weighted by molar-refractivity contribution is -0.127. The molecule has 2 aliphatic heterocycles. The van der Waals surface area contributed by atoms with Gasteiger partial charge in [0.1, 0.15) is 12.9 Å². The Bertz CT molecular complexity index is 1290. The van der Waals surface area contributed by atoms with Crippen molar-refractivity contribution in [3.05, 3.63) is 95.1 Å². The maximum absolute atomic E-state index is 12.7. The number of cyclic esters (lactones) is 1. The number of primary amides is 1. The third-order valence-corrected chi connectivity index (χ3v) is 7.08. The number of hydrogen-bond acceptors (Lipinski definition) is 5. The van der Waals surface area contributed by atoms with E-state index in [-0.39, 0.29) is 12.1 Å². The van der Waals surface area contributed by atoms with Crippen LogP contribution in [0.1, 0.15) is 40.0 Å². The van der Waals surface area contributed by atoms with Crippen LogP contribution in [0.5, 0.6) is 0 Å². The summed E-state index contributed by atoms with van der Waals surface area (Å²) < 4.78 is 5.41. The molecule has 1 fully saturated rings. The first kappa shape index (κ1) is 22.7. The summed E-state index contributed by atoms with van der Waals surface area (Å²) in [5, 5.41) is 3.47. The molecule has 3 aromatic rings. The first-order chi connectivity index (χ1) is 16.9. The molecule has 1 saturated heterocycles. The van der Waals surface area contributed by atoms with E-state index in [2.05, 4.69) is 5.32 Å². The van der Waals surface area contributed by atoms with E-state index in [4.69, 9.17) is 10.5 Å². The standard InChI is InChI=1S/C28H27N3O4/c1-28(26(29)33)15-21-12-19(16-32)10-11-24(21)30-25(28)20-8-5-9-22(14-20)31-23(17-35-27(31)34)13-18-6-3-2-4-7-18/h2-12,14,16,23,25,30H,13,15,17H2,1H3,(H2,29,33)/t23-,25?,28?/m1/s1. The van der Waals surface area contributed by atoms with Gasteiger partial charge >= 0.3 is 6.09 Å². The van der Waals surface area contributed by atoms with E-state index in [0.29, 0.717) is 30.7 Å². The Morgan fingerprint density at radius 3 is 2.69 bits per heavy atom. The molecule has 0 aromatic heterocycles. The SMILES string of the molecule is CC1(C(N)=O)Cc2cc(C=O)ccc2NC1c1cccc(N2C(=O)OC[C@H]2Cc2ccccc2)c1. The van der Waals surface area contributed by atoms with Crippen LogP contribution in [0.2, 0.25) is 0 Å². The minimum atomic E-state index is -0.942. The highest BCUT2D eigenvalue weighted by atomic mass is 16.6. The summed E-state index contributed by atoms with van der Waals surface area (Å²) in [4.78, 5) is 38.3. The number of benzene rings is 3. The van der Waals surface area contributed by atoms with Gasteiger partial charge in [-0.2, -0.15) is 0 Å². The minimum absolute atomic E-state index is 0.135. The molecular formula is C28H27N3O4. The molecule has 5 rings (SSSR count). The monoisotopic (exact) mass is 469 g/mol. The minimum Gasteiger partial charge on any atom is -0.447 e. The molecule has 0 bridgehead atoms. The molecule has 178 valence electrons. The van der Waals surface area contributed by atoms with Crippen molar-refractivity contribution >= 4 is 29.7 Å². The van der Waals surface area contributed by atoms with Gasteiger partial charge in [-0.15, -0.1) is 0 Å². The van der Waals surface area contributed by atoms with E-state index in [0.717, 1.165) is 28.7 Å². The van der Waals surface area contributed by atoms with Gasteiger partial charge in [-0.3, -0.25) is 14.5 Å². The van der Waals surface area contributed by atoms with E-state index in [1.807, 2.05) is 67.6 Å². The number of anilines is 2. The number of rotatable bonds is 6. The van der Waals surface area contributed by atoms with Gasteiger partial charge in [0.2, 0.25) is 5.91 Å². The predicted octanol–water partition coefficient (Wildman–Crippen LogP) is 4.27. The van der Waals surface area contributed by atoms with Crippen LogP contribution in [-0.4, -0.2) is 30.9 Å². The Balaban J connectivity index is 1.49. The maximum Gasteiger partial charge on any atom is 0.414 e. The lowest BCUT2D eigenvalue weighted by Gasteiger charge is -2.41. The Labute approximate surface area is 203 Å². The molecule has 2 unspecified atom stereocenters. The average molecular weight is 470 g/mol. The maximum atomic E-state index is 12.7. The second-order valence-electron chi connectivity index (χ2n) is 9.46. The average Bonchev–Trinajstić information content (AvgIpc) is 3.23. The summed E-state index contributed by atoms with van der Waals surface area (Å²) in [5.41, 5.74) is 9.92. The second kappa shape index (κ2) is 8.91. The first-order valence-corrected chi connectivity index (χ1v) is 11.6. The number of carbonyl (C=O) groups is 3. The highest BCUT2D eigenvalue weighted by Crippen LogP contribution is 2.46. The first-order valence-electron chi connectivity index (χ1n) is 11.6. The summed E-state index contributed by atoms with van der Waals surface area (Å²) in [5.74, 6) is -0.440. The number of amides is 2. The van der Waals surface area contributed by atoms with Crippen molar-refractivity contribution < 1.29 is 19.1 Å². The van der Waals surface area contributed by atoms with Crippen molar-refractivity contribution in [2.75, 3.05) is 16.8 Å². The Morgan fingerprint density at radius 1 is 1.14 bits per heavy atom. The van der Waals surface area contributed by atoms with Gasteiger partial charge in [-0.1, -0.05) is 42.5 Å². The Morgan fingerprint density at radius 2 is 1.94 bits per heavy atom. The van der Waals surface area contributed by atoms with Crippen LogP contribution >= 0.6 is 0 Å². The number of hydrogen-bond donors (Lipinski definition) is 2. The third kappa shape index (κ3) is 4.14. The summed E-state index contributed by atoms with van der Waals surface area (Å²) in [6, 6.07) is 22.4. The van der Waals surface area contributed by atoms with E-state index in [1.165, 1.54) is 0 Å². The summed E-state index contributed by atoms with van der Waals surface area (Å²) in [7, 11) is 0. The second-order valence-corrected chi connectivity index (χ2v) is 9.46. The fourth-order valence-corrected chi connectivity index (χ4v) is 5.13. The summed E-state index contributed by atoms with van der Waals surface area (Å²) in [6.45, 7) is 2.14. The fourth-order valence-electron chi connectivity index (χ4n) is 5.13. The molecule has 0 spiro atoms. The zero-order valence-corrected chi connectivity index (χ0v) is 19.4. The predicted molar refractivity (Wildman–Crippen MR) is 133 cm³/mol. The lowest BCUT2D eigenvalue weighted by Crippen LogP contribution is -2.47. The molecule has 2 aliphatic rings. The molecule has 3 N–H and O–H groups in total. The molecule has 2 heterocycles. The zero-order chi connectivity index (χ0) is 24.6. The van der Waals surface area contributed by atoms with Crippen LogP contribution in [0, 0.1) is 5.41 Å². The number of carbonyl (C=O) groups excluding carboxylic acids is 3. The fraction of sp³-hybridized carbons (Fsp3) is 0.250. The molecule has 7 nitrogen and oxygen atoms in total. The number of aldehydes is 1. The van der Waals surface area contributed by atoms with Crippen LogP contribution in [0.25, 0.3) is 0 Å². The van der Waals surface area contributed by atoms with Gasteiger partial charge in [0.05, 0.1) is 17.5 Å². The van der Waals surface area contributed by atoms with E-state index in [9.17, 15) is 14.4 Å². The summed E-state index contributed by atoms with van der Waals surface area (Å²) in [6.07, 6.45) is 1.47. The van der Waals surface area contributed by atoms with Crippen LogP contribution in [0.15, 0.2) is 72.8 Å². The molecule has 0 aliphatic carbocycles. The largest absolute Gasteiger partial charge is 0.447 e. The van der Waals surface area contributed by atoms with Gasteiger partial charge in [0, 0.05) is 16.9 Å². The Kier molecular flexibility index (Phi) is 5.76. The quantitative estimate of drug-likeness (QED) is 0.525. The highest BCUT2D eigenvalue weighted by Gasteiger charge is 2.45. The van der Waals surface area contributed by atoms with E-state index in [1.54, 1.807) is 17.0 Å². The van der Waals surface area contributed by atoms with Crippen molar-refractivity contribution in [3.63, 3.8) is 0 Å². The molecule has 3 atom stereocenters. The molecule has 7 heteroatoms. The van der Waals surface area contributed by atoms with Crippen molar-refractivity contribution in [2.45, 2.75) is 31.8 Å². The van der Waals surface area contributed by atoms with Crippen LogP contribution < -0.4 is 16.0 Å². The van der Waals surface area contributed by atoms with Crippen molar-refractivity contribution in [2.24, 2.45) is 11.1 Å². The van der Waals surface area contributed by atoms with Gasteiger partial charge < -0.3 is 15.8 Å². The molecule has 3 aromatic carbocycles. The van der Waals surface area contributed by atoms with E-state index >= 15 is 0 Å². The normalized spacial score (nSPS) is 23.2. The van der Waals surface area contributed by atoms with Crippen molar-refractivity contribution in [3.8, 4) is 0 Å². The van der Waals surface area contributed by atoms with E-state index < -0.39 is 17.4 Å². The summed E-state index contributed by atoms with van der Waals surface area (Å²) >= 11 is 0. The molecule has 0 saturated carbocycles. The molecule has 2 amide bonds. The van der Waals surface area contributed by atoms with Crippen molar-refractivity contribution in [1.82, 2.24) is 0 Å². The van der Waals surface area contributed by atoms with Gasteiger partial charge in [0.15, 0.2) is 0 Å². The molecule has 35 heavy (non-hydrogen) atoms. The zero-order valence-electron chi connectivity index (χ0n) is 19.4. The number of nitrogens with zero attached hydrogens (tertiary/aromatic N) is 1. The van der Waals surface area contributed by atoms with Gasteiger partial charge in [-0.25, -0.2) is 4.79 Å². The molecular weight excluding hydrogens is 442 g/mol. The van der Waals surface area contributed by atoms with Crippen LogP contribution in [-0.2, 0) is 22.4 Å². The lowest BCUT2D eigenvalue weighted by atomic mass is 9.70. The number of nitrogens with two attached hydrogens (primary N) is 1. The van der Waals surface area contributed by atoms with Crippen LogP contribution in [0.4, 0.5) is 16.2 Å². The van der Waals surface area contributed by atoms with Gasteiger partial charge in [-0.05, 0) is 66.8 Å². The molecule has 0 radical (unpaired) electrons. The van der Waals surface area contributed by atoms with Gasteiger partial charge in [0.25, 0.3) is 0 Å². The smallest absolute Gasteiger partial charge is 0.414 e. The van der Waals surface area contributed by atoms with Crippen LogP contribution in [0.3, 0.4) is 0 Å². The topological polar surface area (TPSA) is 102 Å².